The number of hydrogen-bond acceptors (Lipinski definition) is 3. The highest BCUT2D eigenvalue weighted by atomic mass is 79.9. The van der Waals surface area contributed by atoms with E-state index in [-0.39, 0.29) is 5.57 Å². The monoisotopic (exact) mass is 390 g/mol. The molecule has 4 nitrogen and oxygen atoms in total. The summed E-state index contributed by atoms with van der Waals surface area (Å²) < 4.78 is 6.04. The first-order chi connectivity index (χ1) is 11.0. The second-order valence-corrected chi connectivity index (χ2v) is 5.87. The van der Waals surface area contributed by atoms with Crippen LogP contribution in [0.5, 0.6) is 5.75 Å². The molecule has 0 fully saturated rings. The summed E-state index contributed by atoms with van der Waals surface area (Å²) in [6.45, 7) is 0. The Kier molecular flexibility index (Phi) is 5.80. The van der Waals surface area contributed by atoms with E-state index in [9.17, 15) is 10.1 Å². The van der Waals surface area contributed by atoms with Crippen LogP contribution >= 0.6 is 27.5 Å². The van der Waals surface area contributed by atoms with E-state index in [0.29, 0.717) is 22.0 Å². The van der Waals surface area contributed by atoms with E-state index < -0.39 is 5.91 Å². The predicted octanol–water partition coefficient (Wildman–Crippen LogP) is 4.66. The average Bonchev–Trinajstić information content (AvgIpc) is 2.52. The van der Waals surface area contributed by atoms with Crippen molar-refractivity contribution in [2.24, 2.45) is 0 Å². The van der Waals surface area contributed by atoms with Gasteiger partial charge in [0.2, 0.25) is 0 Å². The van der Waals surface area contributed by atoms with E-state index in [1.165, 1.54) is 13.2 Å². The summed E-state index contributed by atoms with van der Waals surface area (Å²) in [5.74, 6) is 0.0186. The summed E-state index contributed by atoms with van der Waals surface area (Å²) in [7, 11) is 1.51. The number of halogens is 2. The molecule has 0 saturated carbocycles. The summed E-state index contributed by atoms with van der Waals surface area (Å²) >= 11 is 9.28. The number of rotatable bonds is 4. The number of ether oxygens (including phenoxy) is 1. The number of nitrogens with one attached hydrogen (secondary N) is 1. The molecule has 1 amide bonds. The summed E-state index contributed by atoms with van der Waals surface area (Å²) in [4.78, 5) is 12.3. The van der Waals surface area contributed by atoms with Crippen LogP contribution < -0.4 is 10.1 Å². The van der Waals surface area contributed by atoms with Crippen LogP contribution in [0.2, 0.25) is 5.02 Å². The van der Waals surface area contributed by atoms with Crippen LogP contribution in [0.25, 0.3) is 6.08 Å². The molecular formula is C17H12BrClN2O2. The average molecular weight is 392 g/mol. The molecule has 0 saturated heterocycles. The molecule has 2 rings (SSSR count). The lowest BCUT2D eigenvalue weighted by atomic mass is 10.1. The van der Waals surface area contributed by atoms with Gasteiger partial charge < -0.3 is 10.1 Å². The van der Waals surface area contributed by atoms with Crippen molar-refractivity contribution < 1.29 is 9.53 Å². The lowest BCUT2D eigenvalue weighted by molar-refractivity contribution is -0.112. The normalized spacial score (nSPS) is 10.8. The summed E-state index contributed by atoms with van der Waals surface area (Å²) in [5, 5.41) is 12.4. The Morgan fingerprint density at radius 2 is 2.13 bits per heavy atom. The van der Waals surface area contributed by atoms with Crippen molar-refractivity contribution >= 4 is 45.2 Å². The van der Waals surface area contributed by atoms with Crippen LogP contribution in [-0.4, -0.2) is 13.0 Å². The minimum atomic E-state index is -0.507. The van der Waals surface area contributed by atoms with Crippen molar-refractivity contribution in [3.05, 3.63) is 63.1 Å². The highest BCUT2D eigenvalue weighted by Gasteiger charge is 2.11. The number of hydrogen-bond donors (Lipinski definition) is 1. The molecule has 0 radical (unpaired) electrons. The molecule has 0 heterocycles. The minimum absolute atomic E-state index is 0.0504. The SMILES string of the molecule is COc1ccc(Cl)cc1C=C(C#N)C(=O)Nc1cccc(Br)c1. The first-order valence-corrected chi connectivity index (χ1v) is 7.73. The lowest BCUT2D eigenvalue weighted by Gasteiger charge is -2.07. The fourth-order valence-electron chi connectivity index (χ4n) is 1.89. The molecule has 0 atom stereocenters. The van der Waals surface area contributed by atoms with Gasteiger partial charge in [-0.2, -0.15) is 5.26 Å². The van der Waals surface area contributed by atoms with Crippen LogP contribution in [0.3, 0.4) is 0 Å². The molecule has 0 bridgehead atoms. The molecule has 0 aromatic heterocycles. The Balaban J connectivity index is 2.30. The highest BCUT2D eigenvalue weighted by molar-refractivity contribution is 9.10. The van der Waals surface area contributed by atoms with Gasteiger partial charge in [-0.15, -0.1) is 0 Å². The van der Waals surface area contributed by atoms with Gasteiger partial charge in [0.25, 0.3) is 5.91 Å². The topological polar surface area (TPSA) is 62.1 Å². The van der Waals surface area contributed by atoms with Crippen molar-refractivity contribution in [3.63, 3.8) is 0 Å². The zero-order chi connectivity index (χ0) is 16.8. The zero-order valence-corrected chi connectivity index (χ0v) is 14.5. The molecule has 0 spiro atoms. The smallest absolute Gasteiger partial charge is 0.266 e. The maximum atomic E-state index is 12.3. The molecule has 2 aromatic rings. The third-order valence-corrected chi connectivity index (χ3v) is 3.67. The van der Waals surface area contributed by atoms with E-state index in [0.717, 1.165) is 4.47 Å². The number of carbonyl (C=O) groups excluding carboxylic acids is 1. The lowest BCUT2D eigenvalue weighted by Crippen LogP contribution is -2.13. The molecule has 2 aromatic carbocycles. The molecule has 1 N–H and O–H groups in total. The van der Waals surface area contributed by atoms with Crippen LogP contribution in [0.15, 0.2) is 52.5 Å². The first-order valence-electron chi connectivity index (χ1n) is 6.55. The highest BCUT2D eigenvalue weighted by Crippen LogP contribution is 2.25. The van der Waals surface area contributed by atoms with E-state index in [1.54, 1.807) is 36.4 Å². The Morgan fingerprint density at radius 3 is 2.78 bits per heavy atom. The first kappa shape index (κ1) is 17.1. The van der Waals surface area contributed by atoms with Crippen molar-refractivity contribution in [2.45, 2.75) is 0 Å². The maximum absolute atomic E-state index is 12.3. The van der Waals surface area contributed by atoms with E-state index >= 15 is 0 Å². The van der Waals surface area contributed by atoms with Gasteiger partial charge in [-0.25, -0.2) is 0 Å². The number of amides is 1. The number of anilines is 1. The molecule has 6 heteroatoms. The van der Waals surface area contributed by atoms with E-state index in [1.807, 2.05) is 12.1 Å². The fraction of sp³-hybridized carbons (Fsp3) is 0.0588. The molecular weight excluding hydrogens is 380 g/mol. The molecule has 23 heavy (non-hydrogen) atoms. The van der Waals surface area contributed by atoms with E-state index in [2.05, 4.69) is 21.2 Å². The van der Waals surface area contributed by atoms with Gasteiger partial charge in [-0.05, 0) is 42.5 Å². The van der Waals surface area contributed by atoms with Gasteiger partial charge in [0, 0.05) is 20.7 Å². The van der Waals surface area contributed by atoms with Crippen molar-refractivity contribution in [1.29, 1.82) is 5.26 Å². The van der Waals surface area contributed by atoms with Crippen LogP contribution in [-0.2, 0) is 4.79 Å². The third kappa shape index (κ3) is 4.59. The number of methoxy groups -OCH3 is 1. The number of carbonyl (C=O) groups is 1. The number of benzene rings is 2. The van der Waals surface area contributed by atoms with Gasteiger partial charge in [-0.3, -0.25) is 4.79 Å². The molecule has 0 aliphatic rings. The zero-order valence-electron chi connectivity index (χ0n) is 12.1. The summed E-state index contributed by atoms with van der Waals surface area (Å²) in [6.07, 6.45) is 1.44. The molecule has 0 unspecified atom stereocenters. The number of nitrogens with zero attached hydrogens (tertiary/aromatic N) is 1. The molecule has 0 aliphatic heterocycles. The quantitative estimate of drug-likeness (QED) is 0.609. The van der Waals surface area contributed by atoms with Crippen molar-refractivity contribution in [1.82, 2.24) is 0 Å². The second kappa shape index (κ2) is 7.82. The number of nitriles is 1. The Labute approximate surface area is 147 Å². The Bertz CT molecular complexity index is 812. The minimum Gasteiger partial charge on any atom is -0.496 e. The largest absolute Gasteiger partial charge is 0.496 e. The third-order valence-electron chi connectivity index (χ3n) is 2.94. The molecule has 116 valence electrons. The Hall–Kier alpha value is -2.29. The predicted molar refractivity (Wildman–Crippen MR) is 94.4 cm³/mol. The standard InChI is InChI=1S/C17H12BrClN2O2/c1-23-16-6-5-14(19)8-11(16)7-12(10-20)17(22)21-15-4-2-3-13(18)9-15/h2-9H,1H3,(H,21,22). The second-order valence-electron chi connectivity index (χ2n) is 4.52. The Morgan fingerprint density at radius 1 is 1.35 bits per heavy atom. The van der Waals surface area contributed by atoms with Gasteiger partial charge in [0.15, 0.2) is 0 Å². The fourth-order valence-corrected chi connectivity index (χ4v) is 2.47. The van der Waals surface area contributed by atoms with Gasteiger partial charge in [0.1, 0.15) is 17.4 Å². The van der Waals surface area contributed by atoms with Crippen LogP contribution in [0, 0.1) is 11.3 Å². The summed E-state index contributed by atoms with van der Waals surface area (Å²) in [6, 6.07) is 14.0. The van der Waals surface area contributed by atoms with Crippen molar-refractivity contribution in [3.8, 4) is 11.8 Å². The van der Waals surface area contributed by atoms with Crippen LogP contribution in [0.4, 0.5) is 5.69 Å². The van der Waals surface area contributed by atoms with Crippen molar-refractivity contribution in [2.75, 3.05) is 12.4 Å². The van der Waals surface area contributed by atoms with Gasteiger partial charge in [-0.1, -0.05) is 33.6 Å². The maximum Gasteiger partial charge on any atom is 0.266 e. The van der Waals surface area contributed by atoms with Gasteiger partial charge >= 0.3 is 0 Å². The van der Waals surface area contributed by atoms with E-state index in [4.69, 9.17) is 16.3 Å². The van der Waals surface area contributed by atoms with Crippen LogP contribution in [0.1, 0.15) is 5.56 Å². The van der Waals surface area contributed by atoms with Gasteiger partial charge in [0.05, 0.1) is 7.11 Å². The summed E-state index contributed by atoms with van der Waals surface area (Å²) in [5.41, 5.74) is 1.09. The molecule has 0 aliphatic carbocycles.